The summed E-state index contributed by atoms with van der Waals surface area (Å²) in [5.74, 6) is -0.772. The second-order valence-electron chi connectivity index (χ2n) is 4.17. The van der Waals surface area contributed by atoms with Crippen LogP contribution in [0.3, 0.4) is 0 Å². The molecule has 0 aliphatic carbocycles. The molecule has 106 valence electrons. The quantitative estimate of drug-likeness (QED) is 0.769. The lowest BCUT2D eigenvalue weighted by molar-refractivity contribution is 0.0682. The lowest BCUT2D eigenvalue weighted by Gasteiger charge is -2.21. The number of hydrogen-bond acceptors (Lipinski definition) is 4. The van der Waals surface area contributed by atoms with Crippen molar-refractivity contribution in [1.29, 1.82) is 0 Å². The zero-order chi connectivity index (χ0) is 14.4. The van der Waals surface area contributed by atoms with Crippen LogP contribution in [0.15, 0.2) is 35.8 Å². The smallest absolute Gasteiger partial charge is 0.255 e. The summed E-state index contributed by atoms with van der Waals surface area (Å²) in [6.45, 7) is 1.44. The topological polar surface area (TPSA) is 42.4 Å². The Bertz CT molecular complexity index is 543. The van der Waals surface area contributed by atoms with Crippen LogP contribution in [0.2, 0.25) is 0 Å². The largest absolute Gasteiger partial charge is 0.383 e. The number of hydrogen-bond donors (Lipinski definition) is 0. The van der Waals surface area contributed by atoms with Gasteiger partial charge in [0.15, 0.2) is 0 Å². The molecule has 0 aromatic carbocycles. The van der Waals surface area contributed by atoms with Gasteiger partial charge in [0.05, 0.1) is 18.7 Å². The van der Waals surface area contributed by atoms with E-state index in [-0.39, 0.29) is 5.91 Å². The Morgan fingerprint density at radius 1 is 1.45 bits per heavy atom. The minimum absolute atomic E-state index is 0.178. The maximum absolute atomic E-state index is 12.8. The van der Waals surface area contributed by atoms with Crippen LogP contribution >= 0.6 is 11.3 Å². The van der Waals surface area contributed by atoms with Crippen molar-refractivity contribution in [3.05, 3.63) is 52.2 Å². The van der Waals surface area contributed by atoms with E-state index in [2.05, 4.69) is 4.98 Å². The number of amides is 1. The molecule has 1 amide bonds. The van der Waals surface area contributed by atoms with E-state index in [0.717, 1.165) is 4.88 Å². The van der Waals surface area contributed by atoms with Crippen LogP contribution in [0.1, 0.15) is 15.2 Å². The lowest BCUT2D eigenvalue weighted by Crippen LogP contribution is -2.33. The van der Waals surface area contributed by atoms with Crippen LogP contribution in [0.25, 0.3) is 0 Å². The highest BCUT2D eigenvalue weighted by Gasteiger charge is 2.16. The summed E-state index contributed by atoms with van der Waals surface area (Å²) in [5.41, 5.74) is 0.374. The molecular weight excluding hydrogens is 279 g/mol. The molecule has 0 atom stereocenters. The SMILES string of the molecule is COCCN(Cc1cccs1)C(=O)c1ccc(F)nc1. The Hall–Kier alpha value is -1.79. The Balaban J connectivity index is 2.12. The predicted molar refractivity (Wildman–Crippen MR) is 75.1 cm³/mol. The first-order valence-corrected chi connectivity index (χ1v) is 7.01. The van der Waals surface area contributed by atoms with Gasteiger partial charge >= 0.3 is 0 Å². The highest BCUT2D eigenvalue weighted by Crippen LogP contribution is 2.14. The third-order valence-electron chi connectivity index (χ3n) is 2.75. The van der Waals surface area contributed by atoms with E-state index in [4.69, 9.17) is 4.74 Å². The summed E-state index contributed by atoms with van der Waals surface area (Å²) in [7, 11) is 1.59. The van der Waals surface area contributed by atoms with Gasteiger partial charge in [0.25, 0.3) is 5.91 Å². The van der Waals surface area contributed by atoms with Crippen molar-refractivity contribution in [2.75, 3.05) is 20.3 Å². The fourth-order valence-electron chi connectivity index (χ4n) is 1.73. The van der Waals surface area contributed by atoms with Gasteiger partial charge in [-0.1, -0.05) is 6.07 Å². The predicted octanol–water partition coefficient (Wildman–Crippen LogP) is 2.57. The second kappa shape index (κ2) is 7.12. The number of pyridine rings is 1. The van der Waals surface area contributed by atoms with Gasteiger partial charge < -0.3 is 9.64 Å². The molecule has 20 heavy (non-hydrogen) atoms. The molecular formula is C14H15FN2O2S. The van der Waals surface area contributed by atoms with E-state index >= 15 is 0 Å². The molecule has 0 spiro atoms. The summed E-state index contributed by atoms with van der Waals surface area (Å²) in [6, 6.07) is 6.55. The Labute approximate surface area is 120 Å². The molecule has 0 aliphatic rings. The number of thiophene rings is 1. The summed E-state index contributed by atoms with van der Waals surface area (Å²) in [5, 5.41) is 1.97. The molecule has 6 heteroatoms. The number of ether oxygens (including phenoxy) is 1. The zero-order valence-corrected chi connectivity index (χ0v) is 11.9. The van der Waals surface area contributed by atoms with Crippen LogP contribution in [0, 0.1) is 5.95 Å². The molecule has 0 N–H and O–H groups in total. The highest BCUT2D eigenvalue weighted by molar-refractivity contribution is 7.09. The molecule has 2 aromatic rings. The maximum atomic E-state index is 12.8. The number of halogens is 1. The van der Waals surface area contributed by atoms with Crippen LogP contribution in [0.4, 0.5) is 4.39 Å². The van der Waals surface area contributed by atoms with Crippen molar-refractivity contribution in [2.24, 2.45) is 0 Å². The molecule has 0 aliphatic heterocycles. The first-order chi connectivity index (χ1) is 9.70. The van der Waals surface area contributed by atoms with Gasteiger partial charge in [-0.3, -0.25) is 4.79 Å². The van der Waals surface area contributed by atoms with E-state index < -0.39 is 5.95 Å². The van der Waals surface area contributed by atoms with Gasteiger partial charge in [-0.05, 0) is 23.6 Å². The standard InChI is InChI=1S/C14H15FN2O2S/c1-19-7-6-17(10-12-3-2-8-20-12)14(18)11-4-5-13(15)16-9-11/h2-5,8-9H,6-7,10H2,1H3. The van der Waals surface area contributed by atoms with Crippen LogP contribution < -0.4 is 0 Å². The molecule has 0 radical (unpaired) electrons. The maximum Gasteiger partial charge on any atom is 0.255 e. The second-order valence-corrected chi connectivity index (χ2v) is 5.20. The van der Waals surface area contributed by atoms with Crippen LogP contribution in [-0.2, 0) is 11.3 Å². The van der Waals surface area contributed by atoms with Gasteiger partial charge in [0.2, 0.25) is 5.95 Å². The van der Waals surface area contributed by atoms with Gasteiger partial charge in [0, 0.05) is 24.7 Å². The van der Waals surface area contributed by atoms with E-state index in [1.165, 1.54) is 18.3 Å². The molecule has 0 bridgehead atoms. The summed E-state index contributed by atoms with van der Waals surface area (Å²) >= 11 is 1.59. The average Bonchev–Trinajstić information content (AvgIpc) is 2.96. The lowest BCUT2D eigenvalue weighted by atomic mass is 10.2. The fourth-order valence-corrected chi connectivity index (χ4v) is 2.45. The van der Waals surface area contributed by atoms with Gasteiger partial charge in [0.1, 0.15) is 0 Å². The Morgan fingerprint density at radius 3 is 2.90 bits per heavy atom. The number of rotatable bonds is 6. The first kappa shape index (κ1) is 14.6. The third kappa shape index (κ3) is 3.85. The molecule has 0 saturated carbocycles. The minimum atomic E-state index is -0.594. The fraction of sp³-hybridized carbons (Fsp3) is 0.286. The number of methoxy groups -OCH3 is 1. The number of carbonyl (C=O) groups is 1. The molecule has 4 nitrogen and oxygen atoms in total. The van der Waals surface area contributed by atoms with Crippen molar-refractivity contribution in [3.63, 3.8) is 0 Å². The Kier molecular flexibility index (Phi) is 5.20. The number of nitrogens with zero attached hydrogens (tertiary/aromatic N) is 2. The van der Waals surface area contributed by atoms with Gasteiger partial charge in [-0.15, -0.1) is 11.3 Å². The summed E-state index contributed by atoms with van der Waals surface area (Å²) in [4.78, 5) is 18.7. The third-order valence-corrected chi connectivity index (χ3v) is 3.61. The normalized spacial score (nSPS) is 10.5. The number of carbonyl (C=O) groups excluding carboxylic acids is 1. The molecule has 0 saturated heterocycles. The highest BCUT2D eigenvalue weighted by atomic mass is 32.1. The van der Waals surface area contributed by atoms with Crippen molar-refractivity contribution in [3.8, 4) is 0 Å². The molecule has 0 fully saturated rings. The van der Waals surface area contributed by atoms with E-state index in [0.29, 0.717) is 25.3 Å². The van der Waals surface area contributed by atoms with E-state index in [1.54, 1.807) is 23.3 Å². The van der Waals surface area contributed by atoms with Crippen LogP contribution in [-0.4, -0.2) is 36.1 Å². The minimum Gasteiger partial charge on any atom is -0.383 e. The molecule has 2 rings (SSSR count). The summed E-state index contributed by atoms with van der Waals surface area (Å²) < 4.78 is 17.8. The van der Waals surface area contributed by atoms with E-state index in [9.17, 15) is 9.18 Å². The average molecular weight is 294 g/mol. The zero-order valence-electron chi connectivity index (χ0n) is 11.1. The van der Waals surface area contributed by atoms with E-state index in [1.807, 2.05) is 17.5 Å². The van der Waals surface area contributed by atoms with Crippen molar-refractivity contribution in [1.82, 2.24) is 9.88 Å². The van der Waals surface area contributed by atoms with Gasteiger partial charge in [-0.25, -0.2) is 4.98 Å². The first-order valence-electron chi connectivity index (χ1n) is 6.13. The van der Waals surface area contributed by atoms with Gasteiger partial charge in [-0.2, -0.15) is 4.39 Å². The molecule has 2 aromatic heterocycles. The van der Waals surface area contributed by atoms with Crippen molar-refractivity contribution in [2.45, 2.75) is 6.54 Å². The monoisotopic (exact) mass is 294 g/mol. The summed E-state index contributed by atoms with van der Waals surface area (Å²) in [6.07, 6.45) is 1.26. The van der Waals surface area contributed by atoms with Crippen LogP contribution in [0.5, 0.6) is 0 Å². The molecule has 0 unspecified atom stereocenters. The molecule has 2 heterocycles. The Morgan fingerprint density at radius 2 is 2.30 bits per heavy atom. The van der Waals surface area contributed by atoms with Crippen molar-refractivity contribution >= 4 is 17.2 Å². The van der Waals surface area contributed by atoms with Crippen molar-refractivity contribution < 1.29 is 13.9 Å². The number of aromatic nitrogens is 1.